The van der Waals surface area contributed by atoms with E-state index in [1.165, 1.54) is 0 Å². The first kappa shape index (κ1) is 25.6. The fourth-order valence-corrected chi connectivity index (χ4v) is 1.59. The second kappa shape index (κ2) is 22.6. The van der Waals surface area contributed by atoms with E-state index in [1.54, 1.807) is 0 Å². The molecule has 0 rings (SSSR count). The van der Waals surface area contributed by atoms with Crippen LogP contribution in [0.15, 0.2) is 0 Å². The molecule has 0 unspecified atom stereocenters. The lowest BCUT2D eigenvalue weighted by atomic mass is 10.6. The van der Waals surface area contributed by atoms with Crippen LogP contribution in [0.1, 0.15) is 0 Å². The molecular formula is C16H35NO9. The summed E-state index contributed by atoms with van der Waals surface area (Å²) < 4.78 is 36.7. The van der Waals surface area contributed by atoms with Gasteiger partial charge in [0.05, 0.1) is 99.1 Å². The number of rotatable bonds is 22. The third-order valence-electron chi connectivity index (χ3n) is 2.76. The average Bonchev–Trinajstić information content (AvgIpc) is 2.62. The Hall–Kier alpha value is -0.400. The van der Waals surface area contributed by atoms with E-state index >= 15 is 0 Å². The molecule has 0 heterocycles. The third kappa shape index (κ3) is 23.6. The van der Waals surface area contributed by atoms with Gasteiger partial charge in [-0.3, -0.25) is 0 Å². The summed E-state index contributed by atoms with van der Waals surface area (Å²) >= 11 is 0. The third-order valence-corrected chi connectivity index (χ3v) is 2.76. The molecule has 0 aliphatic heterocycles. The SMILES string of the molecule is N[C@H](O)COCCOCCOCCOCCOCCOCCOCCO. The van der Waals surface area contributed by atoms with Crippen molar-refractivity contribution in [1.29, 1.82) is 0 Å². The number of nitrogens with two attached hydrogens (primary N) is 1. The van der Waals surface area contributed by atoms with Gasteiger partial charge in [-0.15, -0.1) is 0 Å². The molecule has 0 fully saturated rings. The largest absolute Gasteiger partial charge is 0.394 e. The van der Waals surface area contributed by atoms with E-state index in [9.17, 15) is 0 Å². The van der Waals surface area contributed by atoms with Gasteiger partial charge in [0, 0.05) is 0 Å². The normalized spacial score (nSPS) is 12.6. The van der Waals surface area contributed by atoms with Crippen LogP contribution in [-0.2, 0) is 33.2 Å². The summed E-state index contributed by atoms with van der Waals surface area (Å²) in [5.41, 5.74) is 5.11. The summed E-state index contributed by atoms with van der Waals surface area (Å²) in [6.45, 7) is 6.23. The molecule has 26 heavy (non-hydrogen) atoms. The fourth-order valence-electron chi connectivity index (χ4n) is 1.59. The zero-order valence-corrected chi connectivity index (χ0v) is 15.5. The summed E-state index contributed by atoms with van der Waals surface area (Å²) in [5, 5.41) is 17.3. The molecule has 4 N–H and O–H groups in total. The van der Waals surface area contributed by atoms with Gasteiger partial charge in [-0.1, -0.05) is 0 Å². The number of hydrogen-bond acceptors (Lipinski definition) is 10. The molecule has 0 spiro atoms. The molecule has 0 bridgehead atoms. The van der Waals surface area contributed by atoms with Gasteiger partial charge in [0.2, 0.25) is 0 Å². The monoisotopic (exact) mass is 385 g/mol. The van der Waals surface area contributed by atoms with Gasteiger partial charge < -0.3 is 49.1 Å². The number of aliphatic hydroxyl groups excluding tert-OH is 2. The standard InChI is InChI=1S/C16H35NO9/c17-16(19)15-26-14-13-25-12-11-24-10-9-23-8-7-22-6-5-21-4-3-20-2-1-18/h16,18-19H,1-15,17H2/t16-/m1/s1. The van der Waals surface area contributed by atoms with Gasteiger partial charge in [0.1, 0.15) is 6.23 Å². The highest BCUT2D eigenvalue weighted by Gasteiger charge is 1.96. The van der Waals surface area contributed by atoms with Crippen molar-refractivity contribution in [2.24, 2.45) is 5.73 Å². The van der Waals surface area contributed by atoms with Gasteiger partial charge in [-0.05, 0) is 0 Å². The Kier molecular flexibility index (Phi) is 22.3. The van der Waals surface area contributed by atoms with Crippen LogP contribution >= 0.6 is 0 Å². The lowest BCUT2D eigenvalue weighted by Crippen LogP contribution is -2.26. The molecule has 10 nitrogen and oxygen atoms in total. The molecule has 0 saturated carbocycles. The van der Waals surface area contributed by atoms with Crippen LogP contribution < -0.4 is 5.73 Å². The Labute approximate surface area is 155 Å². The van der Waals surface area contributed by atoms with E-state index < -0.39 is 6.23 Å². The first-order chi connectivity index (χ1) is 12.8. The van der Waals surface area contributed by atoms with Crippen molar-refractivity contribution >= 4 is 0 Å². The maximum Gasteiger partial charge on any atom is 0.126 e. The van der Waals surface area contributed by atoms with Gasteiger partial charge >= 0.3 is 0 Å². The summed E-state index contributed by atoms with van der Waals surface area (Å²) in [6, 6.07) is 0. The van der Waals surface area contributed by atoms with E-state index in [1.807, 2.05) is 0 Å². The molecule has 0 amide bonds. The van der Waals surface area contributed by atoms with E-state index in [-0.39, 0.29) is 13.2 Å². The minimum Gasteiger partial charge on any atom is -0.394 e. The number of hydrogen-bond donors (Lipinski definition) is 3. The van der Waals surface area contributed by atoms with Gasteiger partial charge in [-0.2, -0.15) is 0 Å². The highest BCUT2D eigenvalue weighted by Crippen LogP contribution is 1.85. The van der Waals surface area contributed by atoms with E-state index in [0.717, 1.165) is 0 Å². The zero-order valence-electron chi connectivity index (χ0n) is 15.5. The maximum atomic E-state index is 8.77. The minimum absolute atomic E-state index is 0.0272. The summed E-state index contributed by atoms with van der Waals surface area (Å²) in [6.07, 6.45) is -0.944. The predicted octanol–water partition coefficient (Wildman–Crippen LogP) is -1.63. The first-order valence-electron chi connectivity index (χ1n) is 8.86. The van der Waals surface area contributed by atoms with Crippen LogP contribution in [-0.4, -0.2) is 116 Å². The lowest BCUT2D eigenvalue weighted by Gasteiger charge is -2.08. The van der Waals surface area contributed by atoms with Crippen LogP contribution in [0.2, 0.25) is 0 Å². The molecule has 0 aliphatic rings. The summed E-state index contributed by atoms with van der Waals surface area (Å²) in [7, 11) is 0. The predicted molar refractivity (Wildman–Crippen MR) is 93.0 cm³/mol. The Morgan fingerprint density at radius 1 is 0.500 bits per heavy atom. The molecule has 0 aromatic heterocycles. The molecule has 10 heteroatoms. The van der Waals surface area contributed by atoms with Crippen molar-refractivity contribution in [1.82, 2.24) is 0 Å². The molecule has 1 atom stereocenters. The maximum absolute atomic E-state index is 8.77. The number of aliphatic hydroxyl groups is 2. The van der Waals surface area contributed by atoms with Crippen molar-refractivity contribution < 1.29 is 43.4 Å². The van der Waals surface area contributed by atoms with E-state index in [2.05, 4.69) is 0 Å². The van der Waals surface area contributed by atoms with Crippen LogP contribution in [0, 0.1) is 0 Å². The van der Waals surface area contributed by atoms with Crippen LogP contribution in [0.25, 0.3) is 0 Å². The van der Waals surface area contributed by atoms with Crippen LogP contribution in [0.5, 0.6) is 0 Å². The van der Waals surface area contributed by atoms with Gasteiger partial charge in [0.25, 0.3) is 0 Å². The summed E-state index contributed by atoms with van der Waals surface area (Å²) in [4.78, 5) is 0. The van der Waals surface area contributed by atoms with Crippen molar-refractivity contribution in [3.05, 3.63) is 0 Å². The second-order valence-electron chi connectivity index (χ2n) is 5.04. The molecular weight excluding hydrogens is 350 g/mol. The van der Waals surface area contributed by atoms with Gasteiger partial charge in [-0.25, -0.2) is 0 Å². The molecule has 0 aromatic carbocycles. The molecule has 158 valence electrons. The smallest absolute Gasteiger partial charge is 0.126 e. The zero-order chi connectivity index (χ0) is 19.1. The molecule has 0 saturated heterocycles. The fraction of sp³-hybridized carbons (Fsp3) is 1.00. The van der Waals surface area contributed by atoms with Crippen LogP contribution in [0.3, 0.4) is 0 Å². The average molecular weight is 385 g/mol. The van der Waals surface area contributed by atoms with E-state index in [4.69, 9.17) is 49.1 Å². The Balaban J connectivity index is 2.97. The Morgan fingerprint density at radius 2 is 0.769 bits per heavy atom. The minimum atomic E-state index is -0.944. The molecule has 0 aromatic rings. The topological polar surface area (TPSA) is 131 Å². The van der Waals surface area contributed by atoms with Crippen molar-refractivity contribution in [2.45, 2.75) is 6.23 Å². The Bertz CT molecular complexity index is 260. The highest BCUT2D eigenvalue weighted by atomic mass is 16.6. The lowest BCUT2D eigenvalue weighted by molar-refractivity contribution is -0.0256. The number of ether oxygens (including phenoxy) is 7. The van der Waals surface area contributed by atoms with Gasteiger partial charge in [0.15, 0.2) is 0 Å². The van der Waals surface area contributed by atoms with E-state index in [0.29, 0.717) is 85.9 Å². The highest BCUT2D eigenvalue weighted by molar-refractivity contribution is 4.40. The summed E-state index contributed by atoms with van der Waals surface area (Å²) in [5.74, 6) is 0. The quantitative estimate of drug-likeness (QED) is 0.147. The molecule has 0 aliphatic carbocycles. The van der Waals surface area contributed by atoms with Crippen molar-refractivity contribution in [3.63, 3.8) is 0 Å². The van der Waals surface area contributed by atoms with Crippen molar-refractivity contribution in [2.75, 3.05) is 99.1 Å². The van der Waals surface area contributed by atoms with Crippen molar-refractivity contribution in [3.8, 4) is 0 Å². The Morgan fingerprint density at radius 3 is 1.04 bits per heavy atom. The first-order valence-corrected chi connectivity index (χ1v) is 8.86. The van der Waals surface area contributed by atoms with Crippen LogP contribution in [0.4, 0.5) is 0 Å². The second-order valence-corrected chi connectivity index (χ2v) is 5.04. The molecule has 0 radical (unpaired) electrons.